The van der Waals surface area contributed by atoms with Gasteiger partial charge in [-0.15, -0.1) is 0 Å². The van der Waals surface area contributed by atoms with E-state index in [0.29, 0.717) is 5.41 Å². The molecule has 1 aliphatic carbocycles. The van der Waals surface area contributed by atoms with Crippen LogP contribution in [0.5, 0.6) is 0 Å². The van der Waals surface area contributed by atoms with E-state index in [-0.39, 0.29) is 0 Å². The molecule has 96 valence electrons. The Labute approximate surface area is 107 Å². The molecular weight excluding hydrogens is 214 g/mol. The van der Waals surface area contributed by atoms with Crippen molar-refractivity contribution in [2.24, 2.45) is 11.3 Å². The SMILES string of the molecule is CC(C)CCN(C)CC1(CS)CCCCC1. The molecule has 0 aromatic heterocycles. The molecule has 16 heavy (non-hydrogen) atoms. The molecule has 0 heterocycles. The van der Waals surface area contributed by atoms with E-state index in [0.717, 1.165) is 11.7 Å². The van der Waals surface area contributed by atoms with Crippen LogP contribution in [0.2, 0.25) is 0 Å². The van der Waals surface area contributed by atoms with Crippen LogP contribution in [0, 0.1) is 11.3 Å². The van der Waals surface area contributed by atoms with Crippen LogP contribution in [-0.4, -0.2) is 30.8 Å². The zero-order valence-corrected chi connectivity index (χ0v) is 12.2. The van der Waals surface area contributed by atoms with E-state index in [4.69, 9.17) is 0 Å². The van der Waals surface area contributed by atoms with Crippen LogP contribution in [0.15, 0.2) is 0 Å². The molecule has 0 N–H and O–H groups in total. The normalized spacial score (nSPS) is 20.6. The predicted molar refractivity (Wildman–Crippen MR) is 76.3 cm³/mol. The second-order valence-corrected chi connectivity index (χ2v) is 6.46. The highest BCUT2D eigenvalue weighted by molar-refractivity contribution is 7.80. The van der Waals surface area contributed by atoms with E-state index in [2.05, 4.69) is 38.4 Å². The Kier molecular flexibility index (Phi) is 6.20. The van der Waals surface area contributed by atoms with Crippen LogP contribution < -0.4 is 0 Å². The van der Waals surface area contributed by atoms with E-state index >= 15 is 0 Å². The molecular formula is C14H29NS. The monoisotopic (exact) mass is 243 g/mol. The molecule has 0 bridgehead atoms. The van der Waals surface area contributed by atoms with Crippen molar-refractivity contribution in [1.82, 2.24) is 4.90 Å². The molecule has 0 unspecified atom stereocenters. The third-order valence-corrected chi connectivity index (χ3v) is 4.61. The van der Waals surface area contributed by atoms with Crippen LogP contribution in [0.25, 0.3) is 0 Å². The Morgan fingerprint density at radius 2 is 1.81 bits per heavy atom. The van der Waals surface area contributed by atoms with Crippen molar-refractivity contribution in [3.8, 4) is 0 Å². The second-order valence-electron chi connectivity index (χ2n) is 6.14. The fourth-order valence-electron chi connectivity index (χ4n) is 2.80. The van der Waals surface area contributed by atoms with Gasteiger partial charge in [-0.05, 0) is 49.9 Å². The first kappa shape index (κ1) is 14.4. The van der Waals surface area contributed by atoms with Crippen LogP contribution in [0.1, 0.15) is 52.4 Å². The maximum Gasteiger partial charge on any atom is 0.00427 e. The van der Waals surface area contributed by atoms with Gasteiger partial charge in [0, 0.05) is 6.54 Å². The minimum absolute atomic E-state index is 0.521. The zero-order chi connectivity index (χ0) is 12.0. The van der Waals surface area contributed by atoms with Gasteiger partial charge in [0.15, 0.2) is 0 Å². The fraction of sp³-hybridized carbons (Fsp3) is 1.00. The highest BCUT2D eigenvalue weighted by Crippen LogP contribution is 2.37. The van der Waals surface area contributed by atoms with Gasteiger partial charge in [0.2, 0.25) is 0 Å². The summed E-state index contributed by atoms with van der Waals surface area (Å²) in [4.78, 5) is 2.53. The molecule has 2 heteroatoms. The largest absolute Gasteiger partial charge is 0.306 e. The maximum absolute atomic E-state index is 4.61. The molecule has 0 aromatic rings. The minimum Gasteiger partial charge on any atom is -0.306 e. The quantitative estimate of drug-likeness (QED) is 0.694. The van der Waals surface area contributed by atoms with Gasteiger partial charge >= 0.3 is 0 Å². The average molecular weight is 243 g/mol. The third kappa shape index (κ3) is 4.67. The number of hydrogen-bond donors (Lipinski definition) is 1. The summed E-state index contributed by atoms with van der Waals surface area (Å²) in [6.45, 7) is 7.11. The van der Waals surface area contributed by atoms with Crippen molar-refractivity contribution in [3.63, 3.8) is 0 Å². The van der Waals surface area contributed by atoms with Crippen LogP contribution >= 0.6 is 12.6 Å². The van der Waals surface area contributed by atoms with Crippen LogP contribution in [0.4, 0.5) is 0 Å². The third-order valence-electron chi connectivity index (χ3n) is 3.94. The molecule has 1 saturated carbocycles. The molecule has 1 aliphatic rings. The summed E-state index contributed by atoms with van der Waals surface area (Å²) in [5.74, 6) is 1.89. The summed E-state index contributed by atoms with van der Waals surface area (Å²) in [6.07, 6.45) is 8.37. The summed E-state index contributed by atoms with van der Waals surface area (Å²) in [7, 11) is 2.28. The number of hydrogen-bond acceptors (Lipinski definition) is 2. The Morgan fingerprint density at radius 3 is 2.31 bits per heavy atom. The highest BCUT2D eigenvalue weighted by Gasteiger charge is 2.31. The molecule has 1 fully saturated rings. The second kappa shape index (κ2) is 6.90. The topological polar surface area (TPSA) is 3.24 Å². The van der Waals surface area contributed by atoms with E-state index in [9.17, 15) is 0 Å². The summed E-state index contributed by atoms with van der Waals surface area (Å²) in [6, 6.07) is 0. The first-order chi connectivity index (χ1) is 7.58. The standard InChI is InChI=1S/C14H29NS/c1-13(2)7-10-15(3)11-14(12-16)8-5-4-6-9-14/h13,16H,4-12H2,1-3H3. The number of thiol groups is 1. The lowest BCUT2D eigenvalue weighted by Crippen LogP contribution is -2.39. The van der Waals surface area contributed by atoms with Gasteiger partial charge in [0.1, 0.15) is 0 Å². The van der Waals surface area contributed by atoms with Crippen molar-refractivity contribution in [2.45, 2.75) is 52.4 Å². The fourth-order valence-corrected chi connectivity index (χ4v) is 3.21. The van der Waals surface area contributed by atoms with Gasteiger partial charge < -0.3 is 4.90 Å². The van der Waals surface area contributed by atoms with Crippen LogP contribution in [0.3, 0.4) is 0 Å². The lowest BCUT2D eigenvalue weighted by molar-refractivity contribution is 0.141. The minimum atomic E-state index is 0.521. The number of nitrogens with zero attached hydrogens (tertiary/aromatic N) is 1. The van der Waals surface area contributed by atoms with Crippen molar-refractivity contribution in [2.75, 3.05) is 25.9 Å². The van der Waals surface area contributed by atoms with Gasteiger partial charge in [-0.2, -0.15) is 12.6 Å². The Morgan fingerprint density at radius 1 is 1.19 bits per heavy atom. The predicted octanol–water partition coefficient (Wildman–Crippen LogP) is 3.84. The van der Waals surface area contributed by atoms with Crippen molar-refractivity contribution >= 4 is 12.6 Å². The zero-order valence-electron chi connectivity index (χ0n) is 11.3. The molecule has 0 aromatic carbocycles. The first-order valence-corrected chi connectivity index (χ1v) is 7.51. The van der Waals surface area contributed by atoms with Gasteiger partial charge in [0.05, 0.1) is 0 Å². The van der Waals surface area contributed by atoms with Crippen LogP contribution in [-0.2, 0) is 0 Å². The van der Waals surface area contributed by atoms with Gasteiger partial charge in [-0.1, -0.05) is 33.1 Å². The molecule has 0 atom stereocenters. The molecule has 0 spiro atoms. The first-order valence-electron chi connectivity index (χ1n) is 6.87. The van der Waals surface area contributed by atoms with Gasteiger partial charge in [-0.3, -0.25) is 0 Å². The van der Waals surface area contributed by atoms with E-state index in [1.807, 2.05) is 0 Å². The van der Waals surface area contributed by atoms with Crippen molar-refractivity contribution in [1.29, 1.82) is 0 Å². The van der Waals surface area contributed by atoms with Gasteiger partial charge in [-0.25, -0.2) is 0 Å². The summed E-state index contributed by atoms with van der Waals surface area (Å²) in [5.41, 5.74) is 0.521. The number of rotatable bonds is 6. The maximum atomic E-state index is 4.61. The van der Waals surface area contributed by atoms with E-state index in [1.54, 1.807) is 0 Å². The smallest absolute Gasteiger partial charge is 0.00427 e. The summed E-state index contributed by atoms with van der Waals surface area (Å²) < 4.78 is 0. The van der Waals surface area contributed by atoms with Crippen molar-refractivity contribution in [3.05, 3.63) is 0 Å². The van der Waals surface area contributed by atoms with E-state index in [1.165, 1.54) is 51.6 Å². The molecule has 0 saturated heterocycles. The Bertz CT molecular complexity index is 185. The van der Waals surface area contributed by atoms with Crippen molar-refractivity contribution < 1.29 is 0 Å². The molecule has 1 rings (SSSR count). The molecule has 1 nitrogen and oxygen atoms in total. The molecule has 0 amide bonds. The van der Waals surface area contributed by atoms with E-state index < -0.39 is 0 Å². The Hall–Kier alpha value is 0.310. The summed E-state index contributed by atoms with van der Waals surface area (Å²) in [5, 5.41) is 0. The average Bonchev–Trinajstić information content (AvgIpc) is 2.28. The molecule has 0 aliphatic heterocycles. The molecule has 0 radical (unpaired) electrons. The highest BCUT2D eigenvalue weighted by atomic mass is 32.1. The lowest BCUT2D eigenvalue weighted by atomic mass is 9.75. The van der Waals surface area contributed by atoms with Gasteiger partial charge in [0.25, 0.3) is 0 Å². The Balaban J connectivity index is 2.36. The lowest BCUT2D eigenvalue weighted by Gasteiger charge is -2.39. The summed E-state index contributed by atoms with van der Waals surface area (Å²) >= 11 is 4.61.